The molecule has 0 radical (unpaired) electrons. The number of nitrogens with zero attached hydrogens (tertiary/aromatic N) is 2. The van der Waals surface area contributed by atoms with E-state index in [1.54, 1.807) is 0 Å². The van der Waals surface area contributed by atoms with Crippen molar-refractivity contribution in [2.75, 3.05) is 18.9 Å². The monoisotopic (exact) mass is 202 g/mol. The van der Waals surface area contributed by atoms with E-state index in [0.29, 0.717) is 6.54 Å². The SMILES string of the molecule is CNc1ccc(C2=NC=C(CN)C2)cn1. The molecule has 4 heteroatoms. The first kappa shape index (κ1) is 9.86. The number of rotatable bonds is 3. The Morgan fingerprint density at radius 2 is 2.33 bits per heavy atom. The molecule has 0 aromatic carbocycles. The van der Waals surface area contributed by atoms with Crippen LogP contribution < -0.4 is 11.1 Å². The Hall–Kier alpha value is -1.68. The summed E-state index contributed by atoms with van der Waals surface area (Å²) in [6.45, 7) is 0.578. The molecule has 4 nitrogen and oxygen atoms in total. The predicted molar refractivity (Wildman–Crippen MR) is 62.1 cm³/mol. The highest BCUT2D eigenvalue weighted by molar-refractivity contribution is 6.03. The number of hydrogen-bond donors (Lipinski definition) is 2. The lowest BCUT2D eigenvalue weighted by molar-refractivity contribution is 1.10. The summed E-state index contributed by atoms with van der Waals surface area (Å²) in [6.07, 6.45) is 4.52. The fraction of sp³-hybridized carbons (Fsp3) is 0.273. The summed E-state index contributed by atoms with van der Waals surface area (Å²) in [4.78, 5) is 8.57. The van der Waals surface area contributed by atoms with Crippen LogP contribution in [0.2, 0.25) is 0 Å². The zero-order valence-electron chi connectivity index (χ0n) is 8.70. The zero-order valence-corrected chi connectivity index (χ0v) is 8.70. The van der Waals surface area contributed by atoms with Crippen LogP contribution in [0.25, 0.3) is 0 Å². The van der Waals surface area contributed by atoms with Crippen molar-refractivity contribution in [2.45, 2.75) is 6.42 Å². The molecule has 0 bridgehead atoms. The summed E-state index contributed by atoms with van der Waals surface area (Å²) >= 11 is 0. The van der Waals surface area contributed by atoms with Crippen LogP contribution in [-0.4, -0.2) is 24.3 Å². The highest BCUT2D eigenvalue weighted by atomic mass is 14.9. The normalized spacial score (nSPS) is 14.8. The summed E-state index contributed by atoms with van der Waals surface area (Å²) in [5.41, 5.74) is 8.83. The van der Waals surface area contributed by atoms with E-state index in [2.05, 4.69) is 15.3 Å². The lowest BCUT2D eigenvalue weighted by Gasteiger charge is -2.03. The van der Waals surface area contributed by atoms with Crippen LogP contribution >= 0.6 is 0 Å². The molecule has 1 aliphatic heterocycles. The van der Waals surface area contributed by atoms with Crippen molar-refractivity contribution in [1.29, 1.82) is 0 Å². The van der Waals surface area contributed by atoms with Crippen molar-refractivity contribution >= 4 is 11.5 Å². The Balaban J connectivity index is 2.12. The second kappa shape index (κ2) is 4.23. The number of anilines is 1. The average molecular weight is 202 g/mol. The van der Waals surface area contributed by atoms with Gasteiger partial charge in [-0.1, -0.05) is 0 Å². The van der Waals surface area contributed by atoms with Gasteiger partial charge in [0.1, 0.15) is 5.82 Å². The standard InChI is InChI=1S/C11H14N4/c1-13-11-3-2-9(7-15-11)10-4-8(5-12)6-14-10/h2-3,6-7H,4-5,12H2,1H3,(H,13,15). The van der Waals surface area contributed by atoms with Gasteiger partial charge >= 0.3 is 0 Å². The van der Waals surface area contributed by atoms with Gasteiger partial charge in [-0.15, -0.1) is 0 Å². The fourth-order valence-corrected chi connectivity index (χ4v) is 1.49. The first-order valence-electron chi connectivity index (χ1n) is 4.92. The maximum atomic E-state index is 5.55. The van der Waals surface area contributed by atoms with E-state index in [9.17, 15) is 0 Å². The minimum absolute atomic E-state index is 0.578. The molecule has 0 aliphatic carbocycles. The predicted octanol–water partition coefficient (Wildman–Crippen LogP) is 1.16. The number of aliphatic imine (C=N–C) groups is 1. The second-order valence-electron chi connectivity index (χ2n) is 3.43. The van der Waals surface area contributed by atoms with E-state index in [1.165, 1.54) is 5.57 Å². The minimum atomic E-state index is 0.578. The van der Waals surface area contributed by atoms with Crippen molar-refractivity contribution in [3.05, 3.63) is 35.7 Å². The molecule has 0 amide bonds. The third-order valence-electron chi connectivity index (χ3n) is 2.41. The smallest absolute Gasteiger partial charge is 0.125 e. The van der Waals surface area contributed by atoms with Crippen LogP contribution in [0.5, 0.6) is 0 Å². The highest BCUT2D eigenvalue weighted by Crippen LogP contribution is 2.16. The molecular formula is C11H14N4. The van der Waals surface area contributed by atoms with Crippen LogP contribution in [0.15, 0.2) is 35.1 Å². The molecular weight excluding hydrogens is 188 g/mol. The summed E-state index contributed by atoms with van der Waals surface area (Å²) in [6, 6.07) is 3.96. The Kier molecular flexibility index (Phi) is 2.78. The maximum Gasteiger partial charge on any atom is 0.125 e. The van der Waals surface area contributed by atoms with Crippen LogP contribution in [0.3, 0.4) is 0 Å². The molecule has 1 aromatic heterocycles. The van der Waals surface area contributed by atoms with Crippen LogP contribution in [0, 0.1) is 0 Å². The Morgan fingerprint density at radius 1 is 1.47 bits per heavy atom. The van der Waals surface area contributed by atoms with E-state index >= 15 is 0 Å². The first-order valence-corrected chi connectivity index (χ1v) is 4.92. The molecule has 78 valence electrons. The van der Waals surface area contributed by atoms with Gasteiger partial charge < -0.3 is 11.1 Å². The van der Waals surface area contributed by atoms with Crippen LogP contribution in [0.1, 0.15) is 12.0 Å². The number of nitrogens with one attached hydrogen (secondary N) is 1. The summed E-state index contributed by atoms with van der Waals surface area (Å²) in [7, 11) is 1.85. The van der Waals surface area contributed by atoms with Crippen molar-refractivity contribution in [1.82, 2.24) is 4.98 Å². The molecule has 0 spiro atoms. The highest BCUT2D eigenvalue weighted by Gasteiger charge is 2.11. The van der Waals surface area contributed by atoms with Crippen LogP contribution in [-0.2, 0) is 0 Å². The molecule has 0 saturated heterocycles. The van der Waals surface area contributed by atoms with Crippen molar-refractivity contribution in [3.8, 4) is 0 Å². The molecule has 2 heterocycles. The number of nitrogens with two attached hydrogens (primary N) is 1. The van der Waals surface area contributed by atoms with E-state index in [4.69, 9.17) is 5.73 Å². The van der Waals surface area contributed by atoms with E-state index in [1.807, 2.05) is 31.6 Å². The van der Waals surface area contributed by atoms with Crippen LogP contribution in [0.4, 0.5) is 5.82 Å². The van der Waals surface area contributed by atoms with E-state index < -0.39 is 0 Å². The van der Waals surface area contributed by atoms with Gasteiger partial charge in [0, 0.05) is 38.0 Å². The van der Waals surface area contributed by atoms with E-state index in [-0.39, 0.29) is 0 Å². The van der Waals surface area contributed by atoms with E-state index in [0.717, 1.165) is 23.5 Å². The molecule has 1 aliphatic rings. The van der Waals surface area contributed by atoms with Gasteiger partial charge in [-0.05, 0) is 17.7 Å². The van der Waals surface area contributed by atoms with Gasteiger partial charge in [-0.2, -0.15) is 0 Å². The minimum Gasteiger partial charge on any atom is -0.373 e. The molecule has 15 heavy (non-hydrogen) atoms. The van der Waals surface area contributed by atoms with Gasteiger partial charge in [-0.3, -0.25) is 4.99 Å². The number of hydrogen-bond acceptors (Lipinski definition) is 4. The molecule has 0 saturated carbocycles. The lowest BCUT2D eigenvalue weighted by Crippen LogP contribution is -2.06. The number of pyridine rings is 1. The third-order valence-corrected chi connectivity index (χ3v) is 2.41. The topological polar surface area (TPSA) is 63.3 Å². The summed E-state index contributed by atoms with van der Waals surface area (Å²) in [5, 5.41) is 2.98. The van der Waals surface area contributed by atoms with Gasteiger partial charge in [0.15, 0.2) is 0 Å². The zero-order chi connectivity index (χ0) is 10.7. The first-order chi connectivity index (χ1) is 7.33. The average Bonchev–Trinajstić information content (AvgIpc) is 2.78. The summed E-state index contributed by atoms with van der Waals surface area (Å²) < 4.78 is 0. The third kappa shape index (κ3) is 2.05. The van der Waals surface area contributed by atoms with Crippen molar-refractivity contribution < 1.29 is 0 Å². The Morgan fingerprint density at radius 3 is 2.87 bits per heavy atom. The molecule has 0 fully saturated rings. The molecule has 1 aromatic rings. The van der Waals surface area contributed by atoms with Gasteiger partial charge in [0.05, 0.1) is 5.71 Å². The summed E-state index contributed by atoms with van der Waals surface area (Å²) in [5.74, 6) is 0.865. The molecule has 0 unspecified atom stereocenters. The molecule has 2 rings (SSSR count). The van der Waals surface area contributed by atoms with Gasteiger partial charge in [0.25, 0.3) is 0 Å². The molecule has 0 atom stereocenters. The van der Waals surface area contributed by atoms with Crippen molar-refractivity contribution in [3.63, 3.8) is 0 Å². The fourth-order valence-electron chi connectivity index (χ4n) is 1.49. The second-order valence-corrected chi connectivity index (χ2v) is 3.43. The van der Waals surface area contributed by atoms with Gasteiger partial charge in [-0.25, -0.2) is 4.98 Å². The lowest BCUT2D eigenvalue weighted by atomic mass is 10.1. The molecule has 3 N–H and O–H groups in total. The maximum absolute atomic E-state index is 5.55. The Labute approximate surface area is 88.9 Å². The van der Waals surface area contributed by atoms with Gasteiger partial charge in [0.2, 0.25) is 0 Å². The van der Waals surface area contributed by atoms with Crippen molar-refractivity contribution in [2.24, 2.45) is 10.7 Å². The quantitative estimate of drug-likeness (QED) is 0.773. The largest absolute Gasteiger partial charge is 0.373 e. The number of aromatic nitrogens is 1. The Bertz CT molecular complexity index is 403.